The number of halogens is 2. The summed E-state index contributed by atoms with van der Waals surface area (Å²) in [4.78, 5) is 2.49. The van der Waals surface area contributed by atoms with Crippen molar-refractivity contribution in [2.45, 2.75) is 38.9 Å². The molecule has 1 aliphatic heterocycles. The van der Waals surface area contributed by atoms with E-state index in [0.29, 0.717) is 16.1 Å². The van der Waals surface area contributed by atoms with Crippen LogP contribution in [0.5, 0.6) is 11.5 Å². The molecule has 0 bridgehead atoms. The number of rotatable bonds is 6. The fourth-order valence-electron chi connectivity index (χ4n) is 3.32. The molecule has 25 heavy (non-hydrogen) atoms. The van der Waals surface area contributed by atoms with E-state index in [0.717, 1.165) is 37.4 Å². The van der Waals surface area contributed by atoms with Crippen LogP contribution in [0.2, 0.25) is 10.0 Å². The minimum absolute atomic E-state index is 0.471. The van der Waals surface area contributed by atoms with Crippen molar-refractivity contribution >= 4 is 23.2 Å². The predicted octanol–water partition coefficient (Wildman–Crippen LogP) is 5.35. The molecular weight excluding hydrogens is 357 g/mol. The molecule has 0 saturated heterocycles. The van der Waals surface area contributed by atoms with Crippen LogP contribution in [0.1, 0.15) is 30.0 Å². The maximum Gasteiger partial charge on any atom is 0.161 e. The van der Waals surface area contributed by atoms with Crippen LogP contribution >= 0.6 is 23.2 Å². The molecule has 0 spiro atoms. The van der Waals surface area contributed by atoms with Gasteiger partial charge >= 0.3 is 0 Å². The standard InChI is InChI=1S/C20H23Cl2NO2/c1-13(4-5-14-6-7-17(21)18(22)8-14)23-11-15-9-19(24-2)20(25-3)10-16(15)12-23/h6-10,13H,4-5,11-12H2,1-3H3/t13-/m0/s1. The summed E-state index contributed by atoms with van der Waals surface area (Å²) in [6, 6.07) is 10.5. The Morgan fingerprint density at radius 2 is 1.56 bits per heavy atom. The summed E-state index contributed by atoms with van der Waals surface area (Å²) in [6.45, 7) is 4.16. The van der Waals surface area contributed by atoms with Crippen LogP contribution in [0.25, 0.3) is 0 Å². The Balaban J connectivity index is 1.63. The molecule has 0 amide bonds. The first-order valence-corrected chi connectivity index (χ1v) is 9.19. The van der Waals surface area contributed by atoms with E-state index in [1.54, 1.807) is 14.2 Å². The van der Waals surface area contributed by atoms with Gasteiger partial charge in [0.1, 0.15) is 0 Å². The Labute approximate surface area is 159 Å². The highest BCUT2D eigenvalue weighted by molar-refractivity contribution is 6.42. The monoisotopic (exact) mass is 379 g/mol. The molecule has 2 aromatic carbocycles. The summed E-state index contributed by atoms with van der Waals surface area (Å²) in [5.74, 6) is 1.60. The zero-order valence-corrected chi connectivity index (χ0v) is 16.3. The third-order valence-corrected chi connectivity index (χ3v) is 5.65. The number of aryl methyl sites for hydroxylation is 1. The average molecular weight is 380 g/mol. The smallest absolute Gasteiger partial charge is 0.161 e. The summed E-state index contributed by atoms with van der Waals surface area (Å²) < 4.78 is 10.8. The van der Waals surface area contributed by atoms with Crippen molar-refractivity contribution in [1.82, 2.24) is 4.90 Å². The molecule has 0 aliphatic carbocycles. The minimum Gasteiger partial charge on any atom is -0.493 e. The maximum atomic E-state index is 6.11. The van der Waals surface area contributed by atoms with Gasteiger partial charge < -0.3 is 9.47 Å². The molecule has 3 rings (SSSR count). The lowest BCUT2D eigenvalue weighted by molar-refractivity contribution is 0.203. The largest absolute Gasteiger partial charge is 0.493 e. The van der Waals surface area contributed by atoms with Gasteiger partial charge in [-0.15, -0.1) is 0 Å². The summed E-state index contributed by atoms with van der Waals surface area (Å²) in [6.07, 6.45) is 2.05. The number of hydrogen-bond acceptors (Lipinski definition) is 3. The molecule has 0 saturated carbocycles. The van der Waals surface area contributed by atoms with Crippen LogP contribution in [0.3, 0.4) is 0 Å². The normalized spacial score (nSPS) is 15.1. The van der Waals surface area contributed by atoms with Gasteiger partial charge in [0, 0.05) is 19.1 Å². The van der Waals surface area contributed by atoms with Gasteiger partial charge in [0.15, 0.2) is 11.5 Å². The molecule has 0 radical (unpaired) electrons. The quantitative estimate of drug-likeness (QED) is 0.675. The third kappa shape index (κ3) is 4.05. The molecule has 1 atom stereocenters. The van der Waals surface area contributed by atoms with Gasteiger partial charge in [0.2, 0.25) is 0 Å². The number of nitrogens with zero attached hydrogens (tertiary/aromatic N) is 1. The van der Waals surface area contributed by atoms with Crippen LogP contribution in [0.15, 0.2) is 30.3 Å². The average Bonchev–Trinajstić information content (AvgIpc) is 3.04. The van der Waals surface area contributed by atoms with E-state index in [1.165, 1.54) is 16.7 Å². The van der Waals surface area contributed by atoms with Crippen molar-refractivity contribution in [1.29, 1.82) is 0 Å². The minimum atomic E-state index is 0.471. The van der Waals surface area contributed by atoms with E-state index >= 15 is 0 Å². The molecule has 1 heterocycles. The Morgan fingerprint density at radius 3 is 2.08 bits per heavy atom. The van der Waals surface area contributed by atoms with E-state index in [2.05, 4.69) is 30.0 Å². The Morgan fingerprint density at radius 1 is 0.960 bits per heavy atom. The molecule has 0 fully saturated rings. The molecule has 5 heteroatoms. The summed E-state index contributed by atoms with van der Waals surface area (Å²) >= 11 is 12.1. The van der Waals surface area contributed by atoms with E-state index in [-0.39, 0.29) is 0 Å². The lowest BCUT2D eigenvalue weighted by Crippen LogP contribution is -2.28. The van der Waals surface area contributed by atoms with Crippen LogP contribution in [-0.4, -0.2) is 25.2 Å². The predicted molar refractivity (Wildman–Crippen MR) is 103 cm³/mol. The van der Waals surface area contributed by atoms with Crippen LogP contribution < -0.4 is 9.47 Å². The van der Waals surface area contributed by atoms with Crippen LogP contribution in [0, 0.1) is 0 Å². The van der Waals surface area contributed by atoms with Gasteiger partial charge in [0.05, 0.1) is 24.3 Å². The van der Waals surface area contributed by atoms with Gasteiger partial charge in [-0.3, -0.25) is 4.90 Å². The van der Waals surface area contributed by atoms with Crippen molar-refractivity contribution in [3.05, 3.63) is 57.1 Å². The summed E-state index contributed by atoms with van der Waals surface area (Å²) in [5, 5.41) is 1.23. The topological polar surface area (TPSA) is 21.7 Å². The maximum absolute atomic E-state index is 6.11. The van der Waals surface area contributed by atoms with E-state index in [4.69, 9.17) is 32.7 Å². The Bertz CT molecular complexity index is 731. The second-order valence-electron chi connectivity index (χ2n) is 6.52. The number of benzene rings is 2. The molecular formula is C20H23Cl2NO2. The van der Waals surface area contributed by atoms with Gasteiger partial charge in [-0.05, 0) is 60.7 Å². The lowest BCUT2D eigenvalue weighted by atomic mass is 10.1. The van der Waals surface area contributed by atoms with E-state index < -0.39 is 0 Å². The molecule has 0 aromatic heterocycles. The van der Waals surface area contributed by atoms with Crippen molar-refractivity contribution in [3.8, 4) is 11.5 Å². The fourth-order valence-corrected chi connectivity index (χ4v) is 3.64. The molecule has 1 aliphatic rings. The first-order valence-electron chi connectivity index (χ1n) is 8.43. The van der Waals surface area contributed by atoms with Gasteiger partial charge in [0.25, 0.3) is 0 Å². The molecule has 0 unspecified atom stereocenters. The van der Waals surface area contributed by atoms with Crippen molar-refractivity contribution in [2.75, 3.05) is 14.2 Å². The highest BCUT2D eigenvalue weighted by Gasteiger charge is 2.25. The SMILES string of the molecule is COc1cc2c(cc1OC)CN([C@@H](C)CCc1ccc(Cl)c(Cl)c1)C2. The second kappa shape index (κ2) is 7.86. The summed E-state index contributed by atoms with van der Waals surface area (Å²) in [7, 11) is 3.35. The lowest BCUT2D eigenvalue weighted by Gasteiger charge is -2.23. The van der Waals surface area contributed by atoms with Crippen molar-refractivity contribution in [3.63, 3.8) is 0 Å². The number of hydrogen-bond donors (Lipinski definition) is 0. The van der Waals surface area contributed by atoms with Gasteiger partial charge in [-0.2, -0.15) is 0 Å². The van der Waals surface area contributed by atoms with Crippen molar-refractivity contribution in [2.24, 2.45) is 0 Å². The Kier molecular flexibility index (Phi) is 5.78. The Hall–Kier alpha value is -1.42. The third-order valence-electron chi connectivity index (χ3n) is 4.91. The van der Waals surface area contributed by atoms with Gasteiger partial charge in [-0.1, -0.05) is 29.3 Å². The first-order chi connectivity index (χ1) is 12.0. The van der Waals surface area contributed by atoms with E-state index in [1.807, 2.05) is 12.1 Å². The zero-order valence-electron chi connectivity index (χ0n) is 14.8. The summed E-state index contributed by atoms with van der Waals surface area (Å²) in [5.41, 5.74) is 3.86. The second-order valence-corrected chi connectivity index (χ2v) is 7.33. The highest BCUT2D eigenvalue weighted by Crippen LogP contribution is 2.36. The molecule has 3 nitrogen and oxygen atoms in total. The molecule has 0 N–H and O–H groups in total. The van der Waals surface area contributed by atoms with Crippen molar-refractivity contribution < 1.29 is 9.47 Å². The van der Waals surface area contributed by atoms with Gasteiger partial charge in [-0.25, -0.2) is 0 Å². The van der Waals surface area contributed by atoms with E-state index in [9.17, 15) is 0 Å². The number of ether oxygens (including phenoxy) is 2. The zero-order chi connectivity index (χ0) is 18.0. The van der Waals surface area contributed by atoms with Crippen LogP contribution in [0.4, 0.5) is 0 Å². The molecule has 134 valence electrons. The highest BCUT2D eigenvalue weighted by atomic mass is 35.5. The molecule has 2 aromatic rings. The number of methoxy groups -OCH3 is 2. The van der Waals surface area contributed by atoms with Crippen LogP contribution in [-0.2, 0) is 19.5 Å². The number of fused-ring (bicyclic) bond motifs is 1. The fraction of sp³-hybridized carbons (Fsp3) is 0.400. The first kappa shape index (κ1) is 18.4.